The van der Waals surface area contributed by atoms with Crippen LogP contribution in [-0.2, 0) is 14.6 Å². The maximum Gasteiger partial charge on any atom is 0.154 e. The number of hydrogen-bond donors (Lipinski definition) is 1. The summed E-state index contributed by atoms with van der Waals surface area (Å²) >= 11 is 0. The van der Waals surface area contributed by atoms with Crippen LogP contribution in [-0.4, -0.2) is 39.7 Å². The van der Waals surface area contributed by atoms with E-state index in [2.05, 4.69) is 0 Å². The van der Waals surface area contributed by atoms with Crippen molar-refractivity contribution in [3.8, 4) is 0 Å². The van der Waals surface area contributed by atoms with Crippen molar-refractivity contribution in [2.24, 2.45) is 11.1 Å². The van der Waals surface area contributed by atoms with Gasteiger partial charge in [-0.2, -0.15) is 0 Å². The van der Waals surface area contributed by atoms with E-state index in [4.69, 9.17) is 10.5 Å². The largest absolute Gasteiger partial charge is 0.384 e. The van der Waals surface area contributed by atoms with Gasteiger partial charge in [0.2, 0.25) is 0 Å². The summed E-state index contributed by atoms with van der Waals surface area (Å²) in [7, 11) is -1.54. The van der Waals surface area contributed by atoms with Crippen molar-refractivity contribution in [2.45, 2.75) is 25.0 Å². The van der Waals surface area contributed by atoms with E-state index in [0.29, 0.717) is 13.2 Å². The summed E-state index contributed by atoms with van der Waals surface area (Å²) in [5.41, 5.74) is 7.64. The van der Waals surface area contributed by atoms with Crippen molar-refractivity contribution in [1.82, 2.24) is 0 Å². The molecule has 1 aromatic rings. The molecule has 2 N–H and O–H groups in total. The number of methoxy groups -OCH3 is 1. The van der Waals surface area contributed by atoms with E-state index in [1.165, 1.54) is 0 Å². The minimum absolute atomic E-state index is 0.0574. The van der Waals surface area contributed by atoms with Crippen LogP contribution < -0.4 is 5.73 Å². The highest BCUT2D eigenvalue weighted by atomic mass is 32.2. The molecular weight excluding hydrogens is 274 g/mol. The van der Waals surface area contributed by atoms with Crippen LogP contribution in [0.3, 0.4) is 0 Å². The van der Waals surface area contributed by atoms with Gasteiger partial charge in [-0.1, -0.05) is 36.8 Å². The zero-order valence-corrected chi connectivity index (χ0v) is 13.1. The van der Waals surface area contributed by atoms with Crippen LogP contribution in [0.1, 0.15) is 24.0 Å². The summed E-state index contributed by atoms with van der Waals surface area (Å²) < 4.78 is 30.0. The topological polar surface area (TPSA) is 69.4 Å². The molecule has 2 rings (SSSR count). The molecule has 0 amide bonds. The molecule has 1 aliphatic carbocycles. The average molecular weight is 297 g/mol. The number of rotatable bonds is 6. The van der Waals surface area contributed by atoms with E-state index < -0.39 is 20.5 Å². The quantitative estimate of drug-likeness (QED) is 0.863. The van der Waals surface area contributed by atoms with Gasteiger partial charge >= 0.3 is 0 Å². The highest BCUT2D eigenvalue weighted by Crippen LogP contribution is 2.62. The molecule has 3 unspecified atom stereocenters. The Morgan fingerprint density at radius 1 is 1.30 bits per heavy atom. The molecular formula is C15H23NO3S. The number of hydrogen-bond acceptors (Lipinski definition) is 4. The van der Waals surface area contributed by atoms with Gasteiger partial charge in [0.25, 0.3) is 0 Å². The lowest BCUT2D eigenvalue weighted by molar-refractivity contribution is 0.142. The molecule has 0 bridgehead atoms. The van der Waals surface area contributed by atoms with Crippen molar-refractivity contribution >= 4 is 9.84 Å². The molecule has 3 atom stereocenters. The normalized spacial score (nSPS) is 29.4. The standard InChI is InChI=1S/C15H23NO3S/c1-4-20(17,18)14-13(15(14,9-16)10-19-3)12-7-5-11(2)6-8-12/h5-8,13-14H,4,9-10,16H2,1-3H3. The lowest BCUT2D eigenvalue weighted by atomic mass is 9.99. The molecule has 0 aliphatic heterocycles. The van der Waals surface area contributed by atoms with Gasteiger partial charge in [0.1, 0.15) is 0 Å². The Balaban J connectivity index is 2.42. The summed E-state index contributed by atoms with van der Waals surface area (Å²) in [6.07, 6.45) is 0. The summed E-state index contributed by atoms with van der Waals surface area (Å²) in [5, 5.41) is -0.423. The first kappa shape index (κ1) is 15.5. The molecule has 0 saturated heterocycles. The lowest BCUT2D eigenvalue weighted by Gasteiger charge is -2.14. The van der Waals surface area contributed by atoms with E-state index in [-0.39, 0.29) is 11.7 Å². The third-order valence-electron chi connectivity index (χ3n) is 4.40. The molecule has 0 radical (unpaired) electrons. The number of sulfone groups is 1. The SMILES string of the molecule is CCS(=O)(=O)C1C(c2ccc(C)cc2)C1(CN)COC. The first-order valence-corrected chi connectivity index (χ1v) is 8.61. The summed E-state index contributed by atoms with van der Waals surface area (Å²) in [4.78, 5) is 0. The Kier molecular flexibility index (Phi) is 4.23. The van der Waals surface area contributed by atoms with Gasteiger partial charge in [-0.3, -0.25) is 0 Å². The third-order valence-corrected chi connectivity index (χ3v) is 6.72. The first-order valence-electron chi connectivity index (χ1n) is 6.90. The minimum Gasteiger partial charge on any atom is -0.384 e. The van der Waals surface area contributed by atoms with E-state index in [1.807, 2.05) is 31.2 Å². The van der Waals surface area contributed by atoms with Crippen LogP contribution in [0, 0.1) is 12.3 Å². The van der Waals surface area contributed by atoms with Crippen LogP contribution in [0.25, 0.3) is 0 Å². The van der Waals surface area contributed by atoms with Gasteiger partial charge in [0, 0.05) is 30.7 Å². The molecule has 1 aliphatic rings. The third kappa shape index (κ3) is 2.38. The zero-order valence-electron chi connectivity index (χ0n) is 12.3. The van der Waals surface area contributed by atoms with Gasteiger partial charge in [0.15, 0.2) is 9.84 Å². The molecule has 1 saturated carbocycles. The molecule has 1 aromatic carbocycles. The van der Waals surface area contributed by atoms with Gasteiger partial charge < -0.3 is 10.5 Å². The summed E-state index contributed by atoms with van der Waals surface area (Å²) in [6.45, 7) is 4.41. The Bertz CT molecular complexity index is 567. The van der Waals surface area contributed by atoms with Gasteiger partial charge in [-0.15, -0.1) is 0 Å². The second kappa shape index (κ2) is 5.47. The van der Waals surface area contributed by atoms with Crippen molar-refractivity contribution in [3.63, 3.8) is 0 Å². The summed E-state index contributed by atoms with van der Waals surface area (Å²) in [6, 6.07) is 8.03. The van der Waals surface area contributed by atoms with Gasteiger partial charge in [0.05, 0.1) is 11.9 Å². The van der Waals surface area contributed by atoms with E-state index >= 15 is 0 Å². The highest BCUT2D eigenvalue weighted by molar-refractivity contribution is 7.92. The smallest absolute Gasteiger partial charge is 0.154 e. The van der Waals surface area contributed by atoms with Crippen LogP contribution in [0.15, 0.2) is 24.3 Å². The van der Waals surface area contributed by atoms with Gasteiger partial charge in [-0.25, -0.2) is 8.42 Å². The van der Waals surface area contributed by atoms with Crippen LogP contribution >= 0.6 is 0 Å². The summed E-state index contributed by atoms with van der Waals surface area (Å²) in [5.74, 6) is 0.0869. The van der Waals surface area contributed by atoms with Crippen molar-refractivity contribution in [2.75, 3.05) is 26.0 Å². The molecule has 20 heavy (non-hydrogen) atoms. The molecule has 112 valence electrons. The molecule has 1 fully saturated rings. The fourth-order valence-corrected chi connectivity index (χ4v) is 5.37. The number of benzene rings is 1. The van der Waals surface area contributed by atoms with Crippen molar-refractivity contribution in [1.29, 1.82) is 0 Å². The number of aryl methyl sites for hydroxylation is 1. The molecule has 0 spiro atoms. The molecule has 4 nitrogen and oxygen atoms in total. The Hall–Kier alpha value is -0.910. The van der Waals surface area contributed by atoms with Crippen molar-refractivity contribution in [3.05, 3.63) is 35.4 Å². The second-order valence-electron chi connectivity index (χ2n) is 5.63. The first-order chi connectivity index (χ1) is 9.43. The maximum atomic E-state index is 12.4. The second-order valence-corrected chi connectivity index (χ2v) is 8.04. The van der Waals surface area contributed by atoms with Gasteiger partial charge in [-0.05, 0) is 12.5 Å². The predicted octanol–water partition coefficient (Wildman–Crippen LogP) is 1.49. The number of nitrogens with two attached hydrogens (primary N) is 1. The Morgan fingerprint density at radius 2 is 1.90 bits per heavy atom. The number of ether oxygens (including phenoxy) is 1. The fourth-order valence-electron chi connectivity index (χ4n) is 3.22. The van der Waals surface area contributed by atoms with E-state index in [1.54, 1.807) is 14.0 Å². The van der Waals surface area contributed by atoms with Crippen LogP contribution in [0.5, 0.6) is 0 Å². The van der Waals surface area contributed by atoms with Crippen LogP contribution in [0.4, 0.5) is 0 Å². The maximum absolute atomic E-state index is 12.4. The molecule has 5 heteroatoms. The van der Waals surface area contributed by atoms with Crippen LogP contribution in [0.2, 0.25) is 0 Å². The molecule has 0 heterocycles. The van der Waals surface area contributed by atoms with E-state index in [9.17, 15) is 8.42 Å². The Morgan fingerprint density at radius 3 is 2.35 bits per heavy atom. The molecule has 0 aromatic heterocycles. The zero-order chi connectivity index (χ0) is 15.0. The monoisotopic (exact) mass is 297 g/mol. The van der Waals surface area contributed by atoms with E-state index in [0.717, 1.165) is 11.1 Å². The van der Waals surface area contributed by atoms with Crippen molar-refractivity contribution < 1.29 is 13.2 Å². The minimum atomic E-state index is -3.13. The Labute approximate surface area is 121 Å². The highest BCUT2D eigenvalue weighted by Gasteiger charge is 2.69. The fraction of sp³-hybridized carbons (Fsp3) is 0.600. The predicted molar refractivity (Wildman–Crippen MR) is 80.5 cm³/mol. The lowest BCUT2D eigenvalue weighted by Crippen LogP contribution is -2.28. The average Bonchev–Trinajstić information content (AvgIpc) is 3.10.